The smallest absolute Gasteiger partial charge is 0.257 e. The van der Waals surface area contributed by atoms with E-state index >= 15 is 0 Å². The molecule has 0 aromatic heterocycles. The van der Waals surface area contributed by atoms with E-state index in [0.29, 0.717) is 6.42 Å². The lowest BCUT2D eigenvalue weighted by Crippen LogP contribution is -2.46. The van der Waals surface area contributed by atoms with Crippen LogP contribution in [0.4, 0.5) is 4.39 Å². The number of halogens is 1. The van der Waals surface area contributed by atoms with Crippen LogP contribution < -0.4 is 5.32 Å². The lowest BCUT2D eigenvalue weighted by atomic mass is 10.00. The first-order valence-corrected chi connectivity index (χ1v) is 4.89. The molecule has 0 radical (unpaired) electrons. The molecular formula is C10H20FNO2. The number of hydrogen-bond donors (Lipinski definition) is 2. The summed E-state index contributed by atoms with van der Waals surface area (Å²) in [5.74, 6) is -0.432. The van der Waals surface area contributed by atoms with Crippen molar-refractivity contribution in [2.75, 3.05) is 6.61 Å². The summed E-state index contributed by atoms with van der Waals surface area (Å²) in [5, 5.41) is 11.3. The highest BCUT2D eigenvalue weighted by Crippen LogP contribution is 2.11. The molecule has 0 spiro atoms. The Morgan fingerprint density at radius 2 is 2.00 bits per heavy atom. The standard InChI is InChI=1S/C10H20FNO2/c1-7(2)8(5-6-13)12-9(14)10(3,4)11/h7-8,13H,5-6H2,1-4H3,(H,12,14). The predicted molar refractivity (Wildman–Crippen MR) is 53.7 cm³/mol. The SMILES string of the molecule is CC(C)C(CCO)NC(=O)C(C)(C)F. The molecule has 0 saturated heterocycles. The molecular weight excluding hydrogens is 185 g/mol. The van der Waals surface area contributed by atoms with Crippen LogP contribution in [0.5, 0.6) is 0 Å². The lowest BCUT2D eigenvalue weighted by Gasteiger charge is -2.24. The zero-order valence-corrected chi connectivity index (χ0v) is 9.30. The molecule has 0 bridgehead atoms. The summed E-state index contributed by atoms with van der Waals surface area (Å²) in [6, 6.07) is -0.164. The monoisotopic (exact) mass is 205 g/mol. The molecule has 2 N–H and O–H groups in total. The van der Waals surface area contributed by atoms with Gasteiger partial charge >= 0.3 is 0 Å². The highest BCUT2D eigenvalue weighted by atomic mass is 19.1. The summed E-state index contributed by atoms with van der Waals surface area (Å²) >= 11 is 0. The molecule has 84 valence electrons. The van der Waals surface area contributed by atoms with Crippen molar-refractivity contribution in [3.63, 3.8) is 0 Å². The number of amides is 1. The summed E-state index contributed by atoms with van der Waals surface area (Å²) in [5.41, 5.74) is -1.86. The van der Waals surface area contributed by atoms with Gasteiger partial charge in [-0.05, 0) is 26.2 Å². The van der Waals surface area contributed by atoms with Crippen LogP contribution in [0.25, 0.3) is 0 Å². The minimum atomic E-state index is -1.86. The summed E-state index contributed by atoms with van der Waals surface area (Å²) < 4.78 is 13.2. The zero-order valence-electron chi connectivity index (χ0n) is 9.30. The van der Waals surface area contributed by atoms with Gasteiger partial charge in [0.25, 0.3) is 5.91 Å². The Balaban J connectivity index is 4.24. The summed E-state index contributed by atoms with van der Waals surface area (Å²) in [6.45, 7) is 6.28. The van der Waals surface area contributed by atoms with Crippen LogP contribution in [-0.2, 0) is 4.79 Å². The van der Waals surface area contributed by atoms with Crippen LogP contribution in [-0.4, -0.2) is 29.3 Å². The number of carbonyl (C=O) groups is 1. The van der Waals surface area contributed by atoms with Gasteiger partial charge < -0.3 is 10.4 Å². The minimum Gasteiger partial charge on any atom is -0.396 e. The highest BCUT2D eigenvalue weighted by Gasteiger charge is 2.29. The third-order valence-electron chi connectivity index (χ3n) is 2.10. The van der Waals surface area contributed by atoms with Crippen LogP contribution in [0.3, 0.4) is 0 Å². The van der Waals surface area contributed by atoms with Crippen molar-refractivity contribution in [3.8, 4) is 0 Å². The number of rotatable bonds is 5. The molecule has 1 unspecified atom stereocenters. The van der Waals surface area contributed by atoms with E-state index in [2.05, 4.69) is 5.32 Å². The molecule has 0 aliphatic carbocycles. The number of nitrogens with one attached hydrogen (secondary N) is 1. The van der Waals surface area contributed by atoms with Gasteiger partial charge in [-0.15, -0.1) is 0 Å². The first-order valence-electron chi connectivity index (χ1n) is 4.89. The average molecular weight is 205 g/mol. The molecule has 3 nitrogen and oxygen atoms in total. The molecule has 0 rings (SSSR count). The lowest BCUT2D eigenvalue weighted by molar-refractivity contribution is -0.132. The van der Waals surface area contributed by atoms with Crippen molar-refractivity contribution in [1.29, 1.82) is 0 Å². The molecule has 4 heteroatoms. The zero-order chi connectivity index (χ0) is 11.4. The normalized spacial score (nSPS) is 14.2. The van der Waals surface area contributed by atoms with Crippen molar-refractivity contribution in [2.45, 2.75) is 45.8 Å². The molecule has 0 aromatic carbocycles. The predicted octanol–water partition coefficient (Wildman–Crippen LogP) is 1.26. The Labute approximate surface area is 84.7 Å². The molecule has 1 atom stereocenters. The Morgan fingerprint density at radius 1 is 1.50 bits per heavy atom. The molecule has 0 fully saturated rings. The van der Waals surface area contributed by atoms with Gasteiger partial charge in [0.05, 0.1) is 0 Å². The maximum atomic E-state index is 13.2. The second-order valence-electron chi connectivity index (χ2n) is 4.31. The number of aliphatic hydroxyl groups excluding tert-OH is 1. The van der Waals surface area contributed by atoms with Gasteiger partial charge in [-0.3, -0.25) is 4.79 Å². The van der Waals surface area contributed by atoms with Gasteiger partial charge in [0.15, 0.2) is 5.67 Å². The van der Waals surface area contributed by atoms with Crippen molar-refractivity contribution >= 4 is 5.91 Å². The fourth-order valence-electron chi connectivity index (χ4n) is 1.05. The van der Waals surface area contributed by atoms with Gasteiger partial charge in [-0.2, -0.15) is 0 Å². The van der Waals surface area contributed by atoms with Gasteiger partial charge in [-0.25, -0.2) is 4.39 Å². The van der Waals surface area contributed by atoms with E-state index in [1.807, 2.05) is 13.8 Å². The summed E-state index contributed by atoms with van der Waals surface area (Å²) in [6.07, 6.45) is 0.458. The van der Waals surface area contributed by atoms with E-state index in [0.717, 1.165) is 0 Å². The van der Waals surface area contributed by atoms with E-state index in [1.165, 1.54) is 13.8 Å². The number of carbonyl (C=O) groups excluding carboxylic acids is 1. The number of hydrogen-bond acceptors (Lipinski definition) is 2. The Kier molecular flexibility index (Phi) is 5.05. The summed E-state index contributed by atoms with van der Waals surface area (Å²) in [4.78, 5) is 11.3. The van der Waals surface area contributed by atoms with Gasteiger partial charge in [-0.1, -0.05) is 13.8 Å². The first-order chi connectivity index (χ1) is 6.29. The second kappa shape index (κ2) is 5.29. The van der Waals surface area contributed by atoms with Crippen molar-refractivity contribution < 1.29 is 14.3 Å². The quantitative estimate of drug-likeness (QED) is 0.710. The van der Waals surface area contributed by atoms with Gasteiger partial charge in [0.2, 0.25) is 0 Å². The van der Waals surface area contributed by atoms with Crippen LogP contribution in [0, 0.1) is 5.92 Å². The maximum Gasteiger partial charge on any atom is 0.257 e. The van der Waals surface area contributed by atoms with E-state index in [9.17, 15) is 9.18 Å². The van der Waals surface area contributed by atoms with Crippen LogP contribution in [0.15, 0.2) is 0 Å². The van der Waals surface area contributed by atoms with E-state index in [-0.39, 0.29) is 18.6 Å². The van der Waals surface area contributed by atoms with E-state index < -0.39 is 11.6 Å². The Morgan fingerprint density at radius 3 is 2.29 bits per heavy atom. The second-order valence-corrected chi connectivity index (χ2v) is 4.31. The highest BCUT2D eigenvalue weighted by molar-refractivity contribution is 5.84. The fraction of sp³-hybridized carbons (Fsp3) is 0.900. The molecule has 0 aliphatic rings. The Hall–Kier alpha value is -0.640. The van der Waals surface area contributed by atoms with E-state index in [4.69, 9.17) is 5.11 Å². The van der Waals surface area contributed by atoms with Crippen molar-refractivity contribution in [2.24, 2.45) is 5.92 Å². The molecule has 14 heavy (non-hydrogen) atoms. The largest absolute Gasteiger partial charge is 0.396 e. The summed E-state index contributed by atoms with van der Waals surface area (Å²) in [7, 11) is 0. The van der Waals surface area contributed by atoms with Crippen LogP contribution in [0.1, 0.15) is 34.1 Å². The van der Waals surface area contributed by atoms with Crippen LogP contribution in [0.2, 0.25) is 0 Å². The van der Waals surface area contributed by atoms with Gasteiger partial charge in [0.1, 0.15) is 0 Å². The number of alkyl halides is 1. The van der Waals surface area contributed by atoms with Crippen LogP contribution >= 0.6 is 0 Å². The van der Waals surface area contributed by atoms with Crippen molar-refractivity contribution in [3.05, 3.63) is 0 Å². The topological polar surface area (TPSA) is 49.3 Å². The minimum absolute atomic E-state index is 0.00413. The third kappa shape index (κ3) is 4.56. The third-order valence-corrected chi connectivity index (χ3v) is 2.10. The van der Waals surface area contributed by atoms with Gasteiger partial charge in [0, 0.05) is 12.6 Å². The molecule has 0 heterocycles. The molecule has 1 amide bonds. The Bertz CT molecular complexity index is 187. The average Bonchev–Trinajstić information content (AvgIpc) is 2.01. The van der Waals surface area contributed by atoms with E-state index in [1.54, 1.807) is 0 Å². The molecule has 0 aliphatic heterocycles. The molecule has 0 aromatic rings. The van der Waals surface area contributed by atoms with Crippen molar-refractivity contribution in [1.82, 2.24) is 5.32 Å². The number of aliphatic hydroxyl groups is 1. The fourth-order valence-corrected chi connectivity index (χ4v) is 1.05. The maximum absolute atomic E-state index is 13.2. The first kappa shape index (κ1) is 13.4. The molecule has 0 saturated carbocycles.